The van der Waals surface area contributed by atoms with E-state index in [2.05, 4.69) is 17.9 Å². The summed E-state index contributed by atoms with van der Waals surface area (Å²) in [5.41, 5.74) is 1.05. The van der Waals surface area contributed by atoms with Crippen LogP contribution in [-0.2, 0) is 16.6 Å². The molecule has 2 atom stereocenters. The second kappa shape index (κ2) is 11.5. The molecule has 0 saturated carbocycles. The van der Waals surface area contributed by atoms with E-state index in [1.807, 2.05) is 19.9 Å². The molecule has 34 heavy (non-hydrogen) atoms. The Labute approximate surface area is 211 Å². The lowest BCUT2D eigenvalue weighted by atomic mass is 10.0. The van der Waals surface area contributed by atoms with Gasteiger partial charge in [0.05, 0.1) is 17.1 Å². The summed E-state index contributed by atoms with van der Waals surface area (Å²) in [6.07, 6.45) is 7.34. The van der Waals surface area contributed by atoms with E-state index in [-0.39, 0.29) is 29.2 Å². The second-order valence-electron chi connectivity index (χ2n) is 9.12. The zero-order valence-electron chi connectivity index (χ0n) is 20.7. The van der Waals surface area contributed by atoms with Gasteiger partial charge < -0.3 is 9.64 Å². The molecule has 0 spiro atoms. The van der Waals surface area contributed by atoms with Crippen LogP contribution in [0.2, 0.25) is 0 Å². The molecule has 2 unspecified atom stereocenters. The van der Waals surface area contributed by atoms with Crippen molar-refractivity contribution in [1.82, 2.24) is 9.47 Å². The lowest BCUT2D eigenvalue weighted by molar-refractivity contribution is -0.122. The molecule has 2 aliphatic heterocycles. The Morgan fingerprint density at radius 3 is 2.44 bits per heavy atom. The number of nitriles is 1. The number of morpholine rings is 1. The predicted molar refractivity (Wildman–Crippen MR) is 142 cm³/mol. The number of pyridine rings is 1. The molecule has 2 fully saturated rings. The molecule has 9 heteroatoms. The number of thiocarbonyl (C=S) groups is 1. The van der Waals surface area contributed by atoms with Crippen molar-refractivity contribution in [1.29, 1.82) is 5.26 Å². The molecule has 0 aromatic carbocycles. The summed E-state index contributed by atoms with van der Waals surface area (Å²) in [5, 5.41) is 9.67. The van der Waals surface area contributed by atoms with Gasteiger partial charge in [0.2, 0.25) is 0 Å². The Balaban J connectivity index is 1.99. The lowest BCUT2D eigenvalue weighted by Crippen LogP contribution is -2.47. The van der Waals surface area contributed by atoms with Gasteiger partial charge in [-0.1, -0.05) is 56.6 Å². The maximum atomic E-state index is 13.2. The predicted octanol–water partition coefficient (Wildman–Crippen LogP) is 4.35. The van der Waals surface area contributed by atoms with E-state index in [0.29, 0.717) is 45.8 Å². The van der Waals surface area contributed by atoms with Crippen LogP contribution in [-0.4, -0.2) is 51.5 Å². The number of unbranched alkanes of at least 4 members (excludes halogenated alkanes) is 4. The van der Waals surface area contributed by atoms with Crippen molar-refractivity contribution >= 4 is 46.1 Å². The van der Waals surface area contributed by atoms with Crippen molar-refractivity contribution in [3.63, 3.8) is 0 Å². The van der Waals surface area contributed by atoms with Crippen LogP contribution in [0.15, 0.2) is 9.70 Å². The average molecular weight is 503 g/mol. The molecule has 2 saturated heterocycles. The first-order valence-corrected chi connectivity index (χ1v) is 13.2. The topological polar surface area (TPSA) is 78.6 Å². The minimum absolute atomic E-state index is 0.00595. The van der Waals surface area contributed by atoms with Gasteiger partial charge in [-0.05, 0) is 38.8 Å². The fraction of sp³-hybridized carbons (Fsp3) is 0.600. The largest absolute Gasteiger partial charge is 0.372 e. The van der Waals surface area contributed by atoms with Crippen molar-refractivity contribution in [3.8, 4) is 6.07 Å². The van der Waals surface area contributed by atoms with E-state index in [1.54, 1.807) is 18.9 Å². The summed E-state index contributed by atoms with van der Waals surface area (Å²) in [7, 11) is 1.68. The zero-order chi connectivity index (χ0) is 25.0. The number of hydrogen-bond acceptors (Lipinski definition) is 7. The Morgan fingerprint density at radius 2 is 1.82 bits per heavy atom. The van der Waals surface area contributed by atoms with Crippen LogP contribution in [0.1, 0.15) is 69.6 Å². The monoisotopic (exact) mass is 502 g/mol. The van der Waals surface area contributed by atoms with Crippen LogP contribution < -0.4 is 10.5 Å². The number of hydrogen-bond donors (Lipinski definition) is 0. The van der Waals surface area contributed by atoms with Gasteiger partial charge in [0, 0.05) is 32.2 Å². The standard InChI is InChI=1S/C25H34N4O3S2/c1-6-7-8-9-10-11-29-24(31)21(34-25(29)33)12-19-18(4)20(13-26)23(30)27(5)22(19)28-14-16(2)32-17(3)15-28/h12,16-17H,6-11,14-15H2,1-5H3. The molecule has 1 aromatic heterocycles. The summed E-state index contributed by atoms with van der Waals surface area (Å²) in [5.74, 6) is 0.597. The molecule has 3 heterocycles. The molecular weight excluding hydrogens is 468 g/mol. The zero-order valence-corrected chi connectivity index (χ0v) is 22.4. The molecule has 1 aromatic rings. The van der Waals surface area contributed by atoms with Gasteiger partial charge in [-0.25, -0.2) is 0 Å². The van der Waals surface area contributed by atoms with Gasteiger partial charge in [0.25, 0.3) is 11.5 Å². The van der Waals surface area contributed by atoms with Crippen LogP contribution in [0.3, 0.4) is 0 Å². The van der Waals surface area contributed by atoms with Gasteiger partial charge in [-0.3, -0.25) is 19.1 Å². The van der Waals surface area contributed by atoms with Gasteiger partial charge in [0.1, 0.15) is 21.8 Å². The van der Waals surface area contributed by atoms with Crippen LogP contribution >= 0.6 is 24.0 Å². The molecule has 1 amide bonds. The highest BCUT2D eigenvalue weighted by molar-refractivity contribution is 8.26. The first-order chi connectivity index (χ1) is 16.2. The summed E-state index contributed by atoms with van der Waals surface area (Å²) in [4.78, 5) is 30.5. The highest BCUT2D eigenvalue weighted by atomic mass is 32.2. The number of amides is 1. The minimum atomic E-state index is -0.335. The van der Waals surface area contributed by atoms with E-state index in [0.717, 1.165) is 19.3 Å². The van der Waals surface area contributed by atoms with Crippen molar-refractivity contribution in [2.45, 2.75) is 72.0 Å². The summed E-state index contributed by atoms with van der Waals surface area (Å²) in [6, 6.07) is 2.06. The quantitative estimate of drug-likeness (QED) is 0.297. The summed E-state index contributed by atoms with van der Waals surface area (Å²) < 4.78 is 7.97. The van der Waals surface area contributed by atoms with Crippen molar-refractivity contribution in [3.05, 3.63) is 31.9 Å². The maximum absolute atomic E-state index is 13.2. The minimum Gasteiger partial charge on any atom is -0.372 e. The molecule has 0 radical (unpaired) electrons. The van der Waals surface area contributed by atoms with Gasteiger partial charge in [0.15, 0.2) is 0 Å². The van der Waals surface area contributed by atoms with E-state index in [1.165, 1.54) is 29.2 Å². The molecule has 2 aliphatic rings. The van der Waals surface area contributed by atoms with Crippen LogP contribution in [0.25, 0.3) is 6.08 Å². The molecule has 0 N–H and O–H groups in total. The number of aromatic nitrogens is 1. The van der Waals surface area contributed by atoms with E-state index in [4.69, 9.17) is 17.0 Å². The fourth-order valence-electron chi connectivity index (χ4n) is 4.64. The Hall–Kier alpha value is -2.15. The number of ether oxygens (including phenoxy) is 1. The van der Waals surface area contributed by atoms with Crippen molar-refractivity contribution in [2.24, 2.45) is 7.05 Å². The first kappa shape index (κ1) is 26.5. The third kappa shape index (κ3) is 5.56. The maximum Gasteiger partial charge on any atom is 0.270 e. The van der Waals surface area contributed by atoms with E-state index < -0.39 is 0 Å². The highest BCUT2D eigenvalue weighted by Gasteiger charge is 2.33. The van der Waals surface area contributed by atoms with Crippen molar-refractivity contribution in [2.75, 3.05) is 24.5 Å². The van der Waals surface area contributed by atoms with E-state index in [9.17, 15) is 14.9 Å². The van der Waals surface area contributed by atoms with Crippen LogP contribution in [0.4, 0.5) is 5.82 Å². The van der Waals surface area contributed by atoms with Gasteiger partial charge >= 0.3 is 0 Å². The third-order valence-corrected chi connectivity index (χ3v) is 7.70. The third-order valence-electron chi connectivity index (χ3n) is 6.32. The second-order valence-corrected chi connectivity index (χ2v) is 10.8. The van der Waals surface area contributed by atoms with E-state index >= 15 is 0 Å². The summed E-state index contributed by atoms with van der Waals surface area (Å²) >= 11 is 6.81. The Bertz CT molecular complexity index is 1080. The SMILES string of the molecule is CCCCCCCN1C(=O)C(=Cc2c(C)c(C#N)c(=O)n(C)c2N2CC(C)OC(C)C2)SC1=S. The van der Waals surface area contributed by atoms with Gasteiger partial charge in [-0.2, -0.15) is 5.26 Å². The summed E-state index contributed by atoms with van der Waals surface area (Å²) in [6.45, 7) is 9.80. The lowest BCUT2D eigenvalue weighted by Gasteiger charge is -2.38. The molecule has 0 bridgehead atoms. The first-order valence-electron chi connectivity index (χ1n) is 12.0. The number of nitrogens with zero attached hydrogens (tertiary/aromatic N) is 4. The molecule has 3 rings (SSSR count). The molecule has 0 aliphatic carbocycles. The highest BCUT2D eigenvalue weighted by Crippen LogP contribution is 2.36. The molecule has 184 valence electrons. The number of carbonyl (C=O) groups is 1. The van der Waals surface area contributed by atoms with Crippen LogP contribution in [0.5, 0.6) is 0 Å². The number of rotatable bonds is 8. The van der Waals surface area contributed by atoms with Gasteiger partial charge in [-0.15, -0.1) is 0 Å². The Kier molecular flexibility index (Phi) is 8.96. The van der Waals surface area contributed by atoms with Crippen molar-refractivity contribution < 1.29 is 9.53 Å². The normalized spacial score (nSPS) is 22.1. The van der Waals surface area contributed by atoms with Crippen LogP contribution in [0, 0.1) is 18.3 Å². The fourth-order valence-corrected chi connectivity index (χ4v) is 5.93. The number of carbonyl (C=O) groups excluding carboxylic acids is 1. The Morgan fingerprint density at radius 1 is 1.18 bits per heavy atom. The molecule has 7 nitrogen and oxygen atoms in total. The molecular formula is C25H34N4O3S2. The smallest absolute Gasteiger partial charge is 0.270 e. The number of thioether (sulfide) groups is 1. The average Bonchev–Trinajstić information content (AvgIpc) is 3.04. The number of anilines is 1.